The molecule has 0 aliphatic carbocycles. The van der Waals surface area contributed by atoms with Crippen molar-refractivity contribution in [2.24, 2.45) is 5.92 Å². The third kappa shape index (κ3) is 5.40. The van der Waals surface area contributed by atoms with Gasteiger partial charge in [0.05, 0.1) is 31.0 Å². The summed E-state index contributed by atoms with van der Waals surface area (Å²) in [5.74, 6) is 0.338. The van der Waals surface area contributed by atoms with Crippen LogP contribution in [-0.4, -0.2) is 72.8 Å². The van der Waals surface area contributed by atoms with Crippen LogP contribution in [0.2, 0.25) is 0 Å². The molecule has 2 fully saturated rings. The molecule has 1 amide bonds. The molecular formula is C21H26F2IN5O2. The number of carbonyl (C=O) groups is 1. The number of ether oxygens (including phenoxy) is 1. The normalized spacial score (nSPS) is 23.2. The van der Waals surface area contributed by atoms with Crippen LogP contribution in [0.3, 0.4) is 0 Å². The number of aromatic nitrogens is 2. The van der Waals surface area contributed by atoms with Gasteiger partial charge in [0, 0.05) is 67.2 Å². The summed E-state index contributed by atoms with van der Waals surface area (Å²) in [4.78, 5) is 25.4. The lowest BCUT2D eigenvalue weighted by Gasteiger charge is -2.39. The maximum Gasteiger partial charge on any atom is 0.323 e. The summed E-state index contributed by atoms with van der Waals surface area (Å²) < 4.78 is 30.4. The third-order valence-corrected chi connectivity index (χ3v) is 6.33. The van der Waals surface area contributed by atoms with Gasteiger partial charge in [-0.15, -0.1) is 0 Å². The molecule has 2 aliphatic rings. The summed E-state index contributed by atoms with van der Waals surface area (Å²) in [7, 11) is 0. The van der Waals surface area contributed by atoms with Crippen molar-refractivity contribution in [2.75, 3.05) is 50.8 Å². The average molecular weight is 545 g/mol. The first-order valence-corrected chi connectivity index (χ1v) is 11.5. The van der Waals surface area contributed by atoms with E-state index < -0.39 is 3.93 Å². The van der Waals surface area contributed by atoms with Gasteiger partial charge in [0.25, 0.3) is 0 Å². The van der Waals surface area contributed by atoms with E-state index in [-0.39, 0.29) is 23.0 Å². The Balaban J connectivity index is 1.52. The number of amides is 1. The molecule has 1 aromatic heterocycles. The molecule has 4 rings (SSSR count). The number of rotatable bonds is 5. The van der Waals surface area contributed by atoms with Gasteiger partial charge < -0.3 is 15.0 Å². The molecule has 0 saturated carbocycles. The maximum atomic E-state index is 14.1. The molecule has 1 aromatic carbocycles. The van der Waals surface area contributed by atoms with Crippen LogP contribution >= 0.6 is 22.6 Å². The second-order valence-electron chi connectivity index (χ2n) is 8.28. The summed E-state index contributed by atoms with van der Waals surface area (Å²) in [6.45, 7) is 6.70. The second kappa shape index (κ2) is 9.45. The number of benzene rings is 1. The first-order chi connectivity index (χ1) is 14.8. The molecule has 0 spiro atoms. The molecular weight excluding hydrogens is 519 g/mol. The van der Waals surface area contributed by atoms with E-state index in [0.29, 0.717) is 37.7 Å². The molecule has 7 nitrogen and oxygen atoms in total. The lowest BCUT2D eigenvalue weighted by Crippen LogP contribution is -2.53. The van der Waals surface area contributed by atoms with Gasteiger partial charge in [-0.3, -0.25) is 19.7 Å². The van der Waals surface area contributed by atoms with Crippen LogP contribution in [0, 0.1) is 5.92 Å². The Labute approximate surface area is 193 Å². The summed E-state index contributed by atoms with van der Waals surface area (Å²) in [6.07, 6.45) is 3.83. The van der Waals surface area contributed by atoms with Gasteiger partial charge in [-0.2, -0.15) is 8.78 Å². The number of fused-ring (bicyclic) bond motifs is 1. The Hall–Kier alpha value is -1.66. The van der Waals surface area contributed by atoms with E-state index in [1.807, 2.05) is 0 Å². The average Bonchev–Trinajstić information content (AvgIpc) is 2.72. The van der Waals surface area contributed by atoms with Crippen LogP contribution < -0.4 is 10.2 Å². The molecule has 2 aliphatic heterocycles. The van der Waals surface area contributed by atoms with Gasteiger partial charge in [0.15, 0.2) is 0 Å². The smallest absolute Gasteiger partial charge is 0.323 e. The summed E-state index contributed by atoms with van der Waals surface area (Å²) >= 11 is 1.12. The standard InChI is InChI=1S/C21H26F2IN5O2/c1-14-10-15(27-18(30)13-28-6-8-31-9-7-28)12-29(11-14)17-3-2-16(21(22,23)24)19-20(17)26-5-4-25-19/h2-5,14-15H,6-13H2,1H3,(H,27,30)/t14-,15+/m0/s1. The van der Waals surface area contributed by atoms with Crippen LogP contribution in [0.5, 0.6) is 0 Å². The molecule has 2 aromatic rings. The van der Waals surface area contributed by atoms with E-state index in [4.69, 9.17) is 4.74 Å². The van der Waals surface area contributed by atoms with Crippen LogP contribution in [0.4, 0.5) is 14.5 Å². The second-order valence-corrected chi connectivity index (χ2v) is 9.64. The zero-order chi connectivity index (χ0) is 22.0. The predicted molar refractivity (Wildman–Crippen MR) is 123 cm³/mol. The Bertz CT molecular complexity index is 936. The first-order valence-electron chi connectivity index (χ1n) is 10.5. The van der Waals surface area contributed by atoms with E-state index in [9.17, 15) is 13.6 Å². The number of alkyl halides is 3. The SMILES string of the molecule is C[C@H]1C[C@@H](NC(=O)CN2CCOCC2)CN(c2ccc(C(F)(F)I)c3nccnc23)C1. The minimum atomic E-state index is -3.03. The van der Waals surface area contributed by atoms with E-state index in [1.54, 1.807) is 6.07 Å². The summed E-state index contributed by atoms with van der Waals surface area (Å²) in [5, 5.41) is 3.16. The van der Waals surface area contributed by atoms with E-state index in [1.165, 1.54) is 18.5 Å². The van der Waals surface area contributed by atoms with E-state index >= 15 is 0 Å². The number of anilines is 1. The first kappa shape index (κ1) is 22.5. The lowest BCUT2D eigenvalue weighted by atomic mass is 9.95. The largest absolute Gasteiger partial charge is 0.379 e. The molecule has 0 unspecified atom stereocenters. The Morgan fingerprint density at radius 2 is 1.94 bits per heavy atom. The third-order valence-electron chi connectivity index (χ3n) is 5.75. The maximum absolute atomic E-state index is 14.1. The van der Waals surface area contributed by atoms with Crippen LogP contribution in [0.1, 0.15) is 18.9 Å². The van der Waals surface area contributed by atoms with Crippen molar-refractivity contribution < 1.29 is 18.3 Å². The lowest BCUT2D eigenvalue weighted by molar-refractivity contribution is -0.124. The van der Waals surface area contributed by atoms with Gasteiger partial charge in [0.2, 0.25) is 5.91 Å². The van der Waals surface area contributed by atoms with Gasteiger partial charge in [-0.05, 0) is 24.5 Å². The number of halogens is 3. The van der Waals surface area contributed by atoms with Gasteiger partial charge in [-0.1, -0.05) is 6.92 Å². The van der Waals surface area contributed by atoms with Crippen molar-refractivity contribution in [3.8, 4) is 0 Å². The Kier molecular flexibility index (Phi) is 6.87. The summed E-state index contributed by atoms with van der Waals surface area (Å²) in [6, 6.07) is 3.11. The minimum absolute atomic E-state index is 0.00509. The predicted octanol–water partition coefficient (Wildman–Crippen LogP) is 2.78. The fraction of sp³-hybridized carbons (Fsp3) is 0.571. The number of hydrogen-bond donors (Lipinski definition) is 1. The topological polar surface area (TPSA) is 70.6 Å². The van der Waals surface area contributed by atoms with Crippen molar-refractivity contribution in [2.45, 2.75) is 23.3 Å². The molecule has 2 atom stereocenters. The van der Waals surface area contributed by atoms with Crippen molar-refractivity contribution in [1.82, 2.24) is 20.2 Å². The zero-order valence-electron chi connectivity index (χ0n) is 17.4. The quantitative estimate of drug-likeness (QED) is 0.461. The van der Waals surface area contributed by atoms with E-state index in [2.05, 4.69) is 32.0 Å². The molecule has 0 radical (unpaired) electrons. The van der Waals surface area contributed by atoms with Crippen molar-refractivity contribution in [1.29, 1.82) is 0 Å². The highest BCUT2D eigenvalue weighted by Crippen LogP contribution is 2.40. The minimum Gasteiger partial charge on any atom is -0.379 e. The fourth-order valence-corrected chi connectivity index (χ4v) is 4.85. The molecule has 31 heavy (non-hydrogen) atoms. The van der Waals surface area contributed by atoms with Crippen molar-refractivity contribution in [3.05, 3.63) is 30.1 Å². The van der Waals surface area contributed by atoms with Crippen LogP contribution in [-0.2, 0) is 13.5 Å². The molecule has 10 heteroatoms. The Morgan fingerprint density at radius 1 is 1.23 bits per heavy atom. The van der Waals surface area contributed by atoms with Gasteiger partial charge in [0.1, 0.15) is 11.0 Å². The number of morpholine rings is 1. The number of carbonyl (C=O) groups excluding carboxylic acids is 1. The van der Waals surface area contributed by atoms with Crippen LogP contribution in [0.25, 0.3) is 11.0 Å². The van der Waals surface area contributed by atoms with Gasteiger partial charge in [-0.25, -0.2) is 0 Å². The monoisotopic (exact) mass is 545 g/mol. The van der Waals surface area contributed by atoms with Crippen molar-refractivity contribution in [3.63, 3.8) is 0 Å². The number of piperidine rings is 1. The molecule has 2 saturated heterocycles. The van der Waals surface area contributed by atoms with Crippen molar-refractivity contribution >= 4 is 45.2 Å². The van der Waals surface area contributed by atoms with Crippen LogP contribution in [0.15, 0.2) is 24.5 Å². The molecule has 0 bridgehead atoms. The van der Waals surface area contributed by atoms with E-state index in [0.717, 1.165) is 54.3 Å². The summed E-state index contributed by atoms with van der Waals surface area (Å²) in [5.41, 5.74) is 1.31. The zero-order valence-corrected chi connectivity index (χ0v) is 19.5. The number of nitrogens with zero attached hydrogens (tertiary/aromatic N) is 4. The molecule has 168 valence electrons. The number of nitrogens with one attached hydrogen (secondary N) is 1. The van der Waals surface area contributed by atoms with Gasteiger partial charge >= 0.3 is 3.93 Å². The highest BCUT2D eigenvalue weighted by molar-refractivity contribution is 14.1. The fourth-order valence-electron chi connectivity index (χ4n) is 4.42. The Morgan fingerprint density at radius 3 is 2.65 bits per heavy atom. The molecule has 3 heterocycles. The molecule has 1 N–H and O–H groups in total. The highest BCUT2D eigenvalue weighted by Gasteiger charge is 2.33. The number of hydrogen-bond acceptors (Lipinski definition) is 6. The highest BCUT2D eigenvalue weighted by atomic mass is 127.